The zero-order valence-electron chi connectivity index (χ0n) is 15.5. The molecule has 2 N–H and O–H groups in total. The number of ether oxygens (including phenoxy) is 1. The van der Waals surface area contributed by atoms with Crippen LogP contribution in [-0.4, -0.2) is 47.6 Å². The summed E-state index contributed by atoms with van der Waals surface area (Å²) in [5, 5.41) is 5.27. The maximum atomic E-state index is 13.7. The molecule has 2 aromatic rings. The number of halogens is 1. The van der Waals surface area contributed by atoms with Gasteiger partial charge in [0.2, 0.25) is 0 Å². The molecule has 7 nitrogen and oxygen atoms in total. The number of nitrogens with one attached hydrogen (secondary N) is 2. The minimum absolute atomic E-state index is 0.319. The molecule has 0 aliphatic carbocycles. The molecule has 1 saturated heterocycles. The van der Waals surface area contributed by atoms with Crippen LogP contribution in [0.1, 0.15) is 18.5 Å². The van der Waals surface area contributed by atoms with E-state index >= 15 is 0 Å². The molecule has 144 valence electrons. The van der Waals surface area contributed by atoms with Crippen molar-refractivity contribution < 1.29 is 13.9 Å². The Labute approximate surface area is 158 Å². The summed E-state index contributed by atoms with van der Waals surface area (Å²) in [5.74, 6) is 0.658. The first-order chi connectivity index (χ1) is 13.0. The van der Waals surface area contributed by atoms with Gasteiger partial charge in [-0.25, -0.2) is 14.2 Å². The molecule has 1 aliphatic heterocycles. The summed E-state index contributed by atoms with van der Waals surface area (Å²) in [6, 6.07) is 3.56. The number of rotatable bonds is 5. The van der Waals surface area contributed by atoms with Crippen molar-refractivity contribution in [3.8, 4) is 5.75 Å². The Morgan fingerprint density at radius 1 is 1.26 bits per heavy atom. The molecule has 27 heavy (non-hydrogen) atoms. The van der Waals surface area contributed by atoms with E-state index in [0.717, 1.165) is 31.6 Å². The molecule has 1 aromatic carbocycles. The number of carbonyl (C=O) groups excluding carboxylic acids is 1. The van der Waals surface area contributed by atoms with Crippen LogP contribution in [0.15, 0.2) is 30.6 Å². The van der Waals surface area contributed by atoms with Crippen LogP contribution in [0.4, 0.5) is 20.7 Å². The molecule has 3 rings (SSSR count). The third-order valence-electron chi connectivity index (χ3n) is 4.53. The van der Waals surface area contributed by atoms with Gasteiger partial charge in [-0.3, -0.25) is 10.3 Å². The van der Waals surface area contributed by atoms with E-state index in [1.54, 1.807) is 6.20 Å². The van der Waals surface area contributed by atoms with Crippen LogP contribution in [0.3, 0.4) is 0 Å². The van der Waals surface area contributed by atoms with Crippen LogP contribution in [0.25, 0.3) is 0 Å². The van der Waals surface area contributed by atoms with Crippen molar-refractivity contribution in [2.24, 2.45) is 5.92 Å². The molecule has 8 heteroatoms. The number of hydrogen-bond donors (Lipinski definition) is 2. The van der Waals surface area contributed by atoms with E-state index in [4.69, 9.17) is 4.74 Å². The predicted molar refractivity (Wildman–Crippen MR) is 102 cm³/mol. The van der Waals surface area contributed by atoms with E-state index in [9.17, 15) is 9.18 Å². The Balaban J connectivity index is 1.61. The highest BCUT2D eigenvalue weighted by atomic mass is 19.1. The maximum absolute atomic E-state index is 13.7. The lowest BCUT2D eigenvalue weighted by molar-refractivity contribution is 0.160. The van der Waals surface area contributed by atoms with Crippen LogP contribution in [0.5, 0.6) is 5.75 Å². The summed E-state index contributed by atoms with van der Waals surface area (Å²) in [7, 11) is 2.10. The topological polar surface area (TPSA) is 79.4 Å². The third-order valence-corrected chi connectivity index (χ3v) is 4.53. The molecule has 1 aromatic heterocycles. The summed E-state index contributed by atoms with van der Waals surface area (Å²) in [6.45, 7) is 4.37. The van der Waals surface area contributed by atoms with Crippen LogP contribution in [0, 0.1) is 18.7 Å². The molecule has 2 heterocycles. The van der Waals surface area contributed by atoms with Gasteiger partial charge in [0.05, 0.1) is 30.4 Å². The van der Waals surface area contributed by atoms with E-state index < -0.39 is 11.8 Å². The average molecular weight is 373 g/mol. The van der Waals surface area contributed by atoms with Crippen molar-refractivity contribution in [2.75, 3.05) is 37.4 Å². The minimum Gasteiger partial charge on any atom is -0.491 e. The van der Waals surface area contributed by atoms with Crippen molar-refractivity contribution in [1.82, 2.24) is 14.9 Å². The molecular weight excluding hydrogens is 349 g/mol. The quantitative estimate of drug-likeness (QED) is 0.841. The summed E-state index contributed by atoms with van der Waals surface area (Å²) < 4.78 is 19.5. The second-order valence-electron chi connectivity index (χ2n) is 6.82. The second kappa shape index (κ2) is 8.77. The number of likely N-dealkylation sites (tertiary alicyclic amines) is 1. The third kappa shape index (κ3) is 5.62. The largest absolute Gasteiger partial charge is 0.491 e. The number of nitrogens with zero attached hydrogens (tertiary/aromatic N) is 3. The fraction of sp³-hybridized carbons (Fsp3) is 0.421. The van der Waals surface area contributed by atoms with E-state index in [1.165, 1.54) is 24.4 Å². The molecule has 2 amide bonds. The van der Waals surface area contributed by atoms with E-state index in [2.05, 4.69) is 32.5 Å². The fourth-order valence-electron chi connectivity index (χ4n) is 2.88. The Morgan fingerprint density at radius 2 is 2.04 bits per heavy atom. The van der Waals surface area contributed by atoms with Gasteiger partial charge in [-0.2, -0.15) is 0 Å². The van der Waals surface area contributed by atoms with Gasteiger partial charge in [-0.15, -0.1) is 0 Å². The molecule has 0 radical (unpaired) electrons. The number of amides is 2. The minimum atomic E-state index is -0.496. The average Bonchev–Trinajstić information content (AvgIpc) is 2.65. The molecule has 0 atom stereocenters. The molecule has 1 aliphatic rings. The van der Waals surface area contributed by atoms with Crippen LogP contribution in [0.2, 0.25) is 0 Å². The van der Waals surface area contributed by atoms with Crippen LogP contribution < -0.4 is 15.4 Å². The van der Waals surface area contributed by atoms with Gasteiger partial charge in [0, 0.05) is 6.07 Å². The molecule has 0 unspecified atom stereocenters. The fourth-order valence-corrected chi connectivity index (χ4v) is 2.88. The Bertz CT molecular complexity index is 776. The van der Waals surface area contributed by atoms with Crippen molar-refractivity contribution in [3.63, 3.8) is 0 Å². The number of urea groups is 1. The highest BCUT2D eigenvalue weighted by molar-refractivity contribution is 6.00. The smallest absolute Gasteiger partial charge is 0.324 e. The SMILES string of the molecule is Cc1cnc(NC(=O)Nc2ccc(F)cc2OCC2CCN(C)CC2)cn1. The number of carbonyl (C=O) groups is 1. The Hall–Kier alpha value is -2.74. The lowest BCUT2D eigenvalue weighted by atomic mass is 9.98. The molecule has 0 saturated carbocycles. The summed E-state index contributed by atoms with van der Waals surface area (Å²) in [6.07, 6.45) is 5.11. The van der Waals surface area contributed by atoms with Crippen molar-refractivity contribution in [3.05, 3.63) is 42.1 Å². The summed E-state index contributed by atoms with van der Waals surface area (Å²) in [5.41, 5.74) is 1.16. The molecule has 0 bridgehead atoms. The van der Waals surface area contributed by atoms with Crippen molar-refractivity contribution >= 4 is 17.5 Å². The lowest BCUT2D eigenvalue weighted by Gasteiger charge is -2.29. The first-order valence-corrected chi connectivity index (χ1v) is 8.97. The maximum Gasteiger partial charge on any atom is 0.324 e. The first-order valence-electron chi connectivity index (χ1n) is 8.97. The number of anilines is 2. The monoisotopic (exact) mass is 373 g/mol. The normalized spacial score (nSPS) is 15.4. The second-order valence-corrected chi connectivity index (χ2v) is 6.82. The zero-order valence-corrected chi connectivity index (χ0v) is 15.5. The van der Waals surface area contributed by atoms with Gasteiger partial charge in [-0.1, -0.05) is 0 Å². The zero-order chi connectivity index (χ0) is 19.2. The number of aromatic nitrogens is 2. The van der Waals surface area contributed by atoms with Gasteiger partial charge in [-0.05, 0) is 58.0 Å². The highest BCUT2D eigenvalue weighted by Gasteiger charge is 2.18. The van der Waals surface area contributed by atoms with Crippen LogP contribution >= 0.6 is 0 Å². The number of hydrogen-bond acceptors (Lipinski definition) is 5. The summed E-state index contributed by atoms with van der Waals surface area (Å²) in [4.78, 5) is 22.6. The van der Waals surface area contributed by atoms with Gasteiger partial charge in [0.15, 0.2) is 5.82 Å². The highest BCUT2D eigenvalue weighted by Crippen LogP contribution is 2.27. The standard InChI is InChI=1S/C19H24FN5O2/c1-13-10-22-18(11-21-13)24-19(26)23-16-4-3-15(20)9-17(16)27-12-14-5-7-25(2)8-6-14/h3-4,9-11,14H,5-8,12H2,1-2H3,(H2,22,23,24,26). The lowest BCUT2D eigenvalue weighted by Crippen LogP contribution is -2.32. The predicted octanol–water partition coefficient (Wildman–Crippen LogP) is 3.29. The number of aryl methyl sites for hydroxylation is 1. The summed E-state index contributed by atoms with van der Waals surface area (Å²) >= 11 is 0. The van der Waals surface area contributed by atoms with Gasteiger partial charge in [0.1, 0.15) is 11.6 Å². The van der Waals surface area contributed by atoms with Gasteiger partial charge in [0.25, 0.3) is 0 Å². The van der Waals surface area contributed by atoms with Crippen LogP contribution in [-0.2, 0) is 0 Å². The first kappa shape index (κ1) is 19.0. The van der Waals surface area contributed by atoms with Gasteiger partial charge >= 0.3 is 6.03 Å². The van der Waals surface area contributed by atoms with E-state index in [-0.39, 0.29) is 0 Å². The van der Waals surface area contributed by atoms with E-state index in [1.807, 2.05) is 6.92 Å². The van der Waals surface area contributed by atoms with E-state index in [0.29, 0.717) is 29.8 Å². The molecule has 1 fully saturated rings. The van der Waals surface area contributed by atoms with Crippen molar-refractivity contribution in [1.29, 1.82) is 0 Å². The molecular formula is C19H24FN5O2. The van der Waals surface area contributed by atoms with Gasteiger partial charge < -0.3 is 15.0 Å². The number of benzene rings is 1. The Kier molecular flexibility index (Phi) is 6.18. The Morgan fingerprint density at radius 3 is 2.74 bits per heavy atom. The van der Waals surface area contributed by atoms with Crippen molar-refractivity contribution in [2.45, 2.75) is 19.8 Å². The molecule has 0 spiro atoms. The number of piperidine rings is 1.